The number of H-pyrrole nitrogens is 1. The summed E-state index contributed by atoms with van der Waals surface area (Å²) in [5, 5.41) is 13.6. The van der Waals surface area contributed by atoms with Crippen LogP contribution in [-0.4, -0.2) is 44.4 Å². The van der Waals surface area contributed by atoms with Gasteiger partial charge < -0.3 is 4.98 Å². The topological polar surface area (TPSA) is 131 Å². The van der Waals surface area contributed by atoms with Crippen LogP contribution in [0.15, 0.2) is 76.4 Å². The highest BCUT2D eigenvalue weighted by Crippen LogP contribution is 2.26. The molecule has 10 nitrogen and oxygen atoms in total. The Kier molecular flexibility index (Phi) is 4.51. The second kappa shape index (κ2) is 7.36. The first-order valence-corrected chi connectivity index (χ1v) is 11.2. The van der Waals surface area contributed by atoms with Crippen LogP contribution in [0.2, 0.25) is 0 Å². The Morgan fingerprint density at radius 3 is 2.71 bits per heavy atom. The van der Waals surface area contributed by atoms with E-state index in [2.05, 4.69) is 35.3 Å². The first-order chi connectivity index (χ1) is 15.0. The van der Waals surface area contributed by atoms with Crippen LogP contribution in [0.25, 0.3) is 27.8 Å². The number of hydrogen-bond acceptors (Lipinski definition) is 8. The van der Waals surface area contributed by atoms with Gasteiger partial charge in [0, 0.05) is 6.26 Å². The molecule has 0 unspecified atom stereocenters. The molecule has 0 atom stereocenters. The molecule has 2 aromatic carbocycles. The number of imidazole rings is 1. The van der Waals surface area contributed by atoms with Crippen molar-refractivity contribution < 1.29 is 8.42 Å². The van der Waals surface area contributed by atoms with Crippen molar-refractivity contribution in [3.63, 3.8) is 0 Å². The van der Waals surface area contributed by atoms with Crippen LogP contribution < -0.4 is 0 Å². The maximum Gasteiger partial charge on any atom is 0.188 e. The predicted molar refractivity (Wildman–Crippen MR) is 114 cm³/mol. The standard InChI is InChI=1S/C20H16N8O2S/c1-31(29,30)14-7-5-13(6-8-14)9-25-27-19-15-10-26-28(20(15)24-12-23-19)17-4-2-3-16-18(17)22-11-21-16/h2-8,10-12H,9H2,1H3,(H,21,22). The lowest BCUT2D eigenvalue weighted by molar-refractivity contribution is 0.602. The van der Waals surface area contributed by atoms with Crippen LogP contribution in [0.5, 0.6) is 0 Å². The van der Waals surface area contributed by atoms with Crippen LogP contribution >= 0.6 is 0 Å². The molecule has 3 aromatic heterocycles. The van der Waals surface area contributed by atoms with Crippen molar-refractivity contribution in [2.75, 3.05) is 6.26 Å². The van der Waals surface area contributed by atoms with Gasteiger partial charge in [-0.25, -0.2) is 28.1 Å². The van der Waals surface area contributed by atoms with Crippen LogP contribution in [0.3, 0.4) is 0 Å². The second-order valence-electron chi connectivity index (χ2n) is 6.88. The smallest absolute Gasteiger partial charge is 0.188 e. The van der Waals surface area contributed by atoms with Crippen LogP contribution in [0, 0.1) is 0 Å². The SMILES string of the molecule is CS(=O)(=O)c1ccc(CN=Nc2ncnc3c2cnn3-c2cccc3[nH]cnc23)cc1. The number of nitrogens with one attached hydrogen (secondary N) is 1. The molecule has 1 N–H and O–H groups in total. The molecule has 0 spiro atoms. The third kappa shape index (κ3) is 3.55. The van der Waals surface area contributed by atoms with Crippen molar-refractivity contribution in [1.82, 2.24) is 29.7 Å². The van der Waals surface area contributed by atoms with E-state index in [-0.39, 0.29) is 11.4 Å². The molecule has 0 aliphatic heterocycles. The zero-order valence-corrected chi connectivity index (χ0v) is 17.2. The molecule has 154 valence electrons. The van der Waals surface area contributed by atoms with Crippen molar-refractivity contribution in [1.29, 1.82) is 0 Å². The summed E-state index contributed by atoms with van der Waals surface area (Å²) in [4.78, 5) is 16.3. The van der Waals surface area contributed by atoms with Crippen molar-refractivity contribution in [2.45, 2.75) is 11.4 Å². The summed E-state index contributed by atoms with van der Waals surface area (Å²) in [6.45, 7) is 0.288. The molecule has 0 bridgehead atoms. The molecule has 5 aromatic rings. The van der Waals surface area contributed by atoms with Gasteiger partial charge in [-0.1, -0.05) is 18.2 Å². The molecule has 0 fully saturated rings. The Morgan fingerprint density at radius 2 is 1.90 bits per heavy atom. The average Bonchev–Trinajstić information content (AvgIpc) is 3.41. The van der Waals surface area contributed by atoms with E-state index < -0.39 is 9.84 Å². The van der Waals surface area contributed by atoms with Gasteiger partial charge in [0.2, 0.25) is 0 Å². The molecule has 31 heavy (non-hydrogen) atoms. The fraction of sp³-hybridized carbons (Fsp3) is 0.100. The van der Waals surface area contributed by atoms with E-state index in [0.717, 1.165) is 22.3 Å². The maximum absolute atomic E-state index is 11.6. The molecule has 11 heteroatoms. The van der Waals surface area contributed by atoms with Crippen molar-refractivity contribution in [2.24, 2.45) is 10.2 Å². The first kappa shape index (κ1) is 19.0. The molecule has 0 radical (unpaired) electrons. The Balaban J connectivity index is 1.44. The molecular weight excluding hydrogens is 416 g/mol. The molecular formula is C20H16N8O2S. The van der Waals surface area contributed by atoms with E-state index in [1.807, 2.05) is 18.2 Å². The Labute approximate surface area is 176 Å². The van der Waals surface area contributed by atoms with E-state index in [0.29, 0.717) is 16.9 Å². The number of azo groups is 1. The molecule has 0 aliphatic carbocycles. The molecule has 0 aliphatic rings. The number of rotatable bonds is 5. The average molecular weight is 432 g/mol. The van der Waals surface area contributed by atoms with Gasteiger partial charge in [0.05, 0.1) is 40.6 Å². The van der Waals surface area contributed by atoms with Gasteiger partial charge in [0.1, 0.15) is 11.8 Å². The summed E-state index contributed by atoms with van der Waals surface area (Å²) < 4.78 is 24.8. The Bertz CT molecular complexity index is 1530. The number of para-hydroxylation sites is 1. The summed E-state index contributed by atoms with van der Waals surface area (Å²) in [5.41, 5.74) is 3.91. The number of aromatic amines is 1. The van der Waals surface area contributed by atoms with E-state index in [4.69, 9.17) is 0 Å². The molecule has 3 heterocycles. The normalized spacial score (nSPS) is 12.3. The highest BCUT2D eigenvalue weighted by molar-refractivity contribution is 7.90. The van der Waals surface area contributed by atoms with Gasteiger partial charge in [-0.3, -0.25) is 0 Å². The summed E-state index contributed by atoms with van der Waals surface area (Å²) in [5.74, 6) is 0.401. The van der Waals surface area contributed by atoms with E-state index in [9.17, 15) is 8.42 Å². The van der Waals surface area contributed by atoms with E-state index in [1.165, 1.54) is 12.6 Å². The lowest BCUT2D eigenvalue weighted by Gasteiger charge is -2.03. The van der Waals surface area contributed by atoms with E-state index >= 15 is 0 Å². The van der Waals surface area contributed by atoms with Gasteiger partial charge in [0.15, 0.2) is 21.3 Å². The Morgan fingerprint density at radius 1 is 1.06 bits per heavy atom. The highest BCUT2D eigenvalue weighted by atomic mass is 32.2. The quantitative estimate of drug-likeness (QED) is 0.424. The molecule has 0 saturated heterocycles. The molecule has 0 amide bonds. The van der Waals surface area contributed by atoms with Gasteiger partial charge in [-0.15, -0.1) is 5.11 Å². The number of fused-ring (bicyclic) bond motifs is 2. The van der Waals surface area contributed by atoms with Crippen LogP contribution in [0.1, 0.15) is 5.56 Å². The van der Waals surface area contributed by atoms with Crippen LogP contribution in [-0.2, 0) is 16.4 Å². The summed E-state index contributed by atoms with van der Waals surface area (Å²) >= 11 is 0. The predicted octanol–water partition coefficient (Wildman–Crippen LogP) is 3.38. The number of benzene rings is 2. The minimum Gasteiger partial charge on any atom is -0.345 e. The van der Waals surface area contributed by atoms with Gasteiger partial charge >= 0.3 is 0 Å². The lowest BCUT2D eigenvalue weighted by atomic mass is 10.2. The number of aromatic nitrogens is 6. The zero-order valence-electron chi connectivity index (χ0n) is 16.3. The number of nitrogens with zero attached hydrogens (tertiary/aromatic N) is 7. The van der Waals surface area contributed by atoms with Crippen molar-refractivity contribution >= 4 is 37.7 Å². The fourth-order valence-electron chi connectivity index (χ4n) is 3.23. The first-order valence-electron chi connectivity index (χ1n) is 9.28. The van der Waals surface area contributed by atoms with Crippen molar-refractivity contribution in [3.8, 4) is 5.69 Å². The van der Waals surface area contributed by atoms with Gasteiger partial charge in [-0.05, 0) is 29.8 Å². The van der Waals surface area contributed by atoms with Crippen molar-refractivity contribution in [3.05, 3.63) is 66.9 Å². The Hall–Kier alpha value is -3.99. The second-order valence-corrected chi connectivity index (χ2v) is 8.90. The third-order valence-electron chi connectivity index (χ3n) is 4.77. The number of sulfone groups is 1. The molecule has 0 saturated carbocycles. The monoisotopic (exact) mass is 432 g/mol. The summed E-state index contributed by atoms with van der Waals surface area (Å²) in [6, 6.07) is 12.3. The van der Waals surface area contributed by atoms with Crippen LogP contribution in [0.4, 0.5) is 5.82 Å². The highest BCUT2D eigenvalue weighted by Gasteiger charge is 2.14. The summed E-state index contributed by atoms with van der Waals surface area (Å²) in [6.07, 6.45) is 5.88. The fourth-order valence-corrected chi connectivity index (χ4v) is 3.86. The minimum atomic E-state index is -3.22. The molecule has 5 rings (SSSR count). The number of hydrogen-bond donors (Lipinski definition) is 1. The van der Waals surface area contributed by atoms with Gasteiger partial charge in [-0.2, -0.15) is 10.2 Å². The maximum atomic E-state index is 11.6. The van der Waals surface area contributed by atoms with E-state index in [1.54, 1.807) is 41.5 Å². The lowest BCUT2D eigenvalue weighted by Crippen LogP contribution is -1.98. The summed E-state index contributed by atoms with van der Waals surface area (Å²) in [7, 11) is -3.22. The van der Waals surface area contributed by atoms with Gasteiger partial charge in [0.25, 0.3) is 0 Å². The largest absolute Gasteiger partial charge is 0.345 e. The third-order valence-corrected chi connectivity index (χ3v) is 5.90. The zero-order chi connectivity index (χ0) is 21.4. The minimum absolute atomic E-state index is 0.269.